The molecule has 32 heavy (non-hydrogen) atoms. The minimum absolute atomic E-state index is 0.231. The summed E-state index contributed by atoms with van der Waals surface area (Å²) in [5.74, 6) is -0.381. The quantitative estimate of drug-likeness (QED) is 0.731. The van der Waals surface area contributed by atoms with E-state index in [1.807, 2.05) is 51.1 Å². The number of nitrogens with one attached hydrogen (secondary N) is 1. The predicted octanol–water partition coefficient (Wildman–Crippen LogP) is 4.79. The lowest BCUT2D eigenvalue weighted by Gasteiger charge is -2.29. The Morgan fingerprint density at radius 1 is 1.09 bits per heavy atom. The van der Waals surface area contributed by atoms with Crippen LogP contribution >= 0.6 is 0 Å². The zero-order valence-corrected chi connectivity index (χ0v) is 18.5. The molecule has 2 aliphatic heterocycles. The smallest absolute Gasteiger partial charge is 0.410 e. The summed E-state index contributed by atoms with van der Waals surface area (Å²) in [5.41, 5.74) is 3.62. The molecule has 0 bridgehead atoms. The third-order valence-electron chi connectivity index (χ3n) is 5.46. The minimum Gasteiger partial charge on any atom is -0.444 e. The van der Waals surface area contributed by atoms with E-state index in [4.69, 9.17) is 4.74 Å². The maximum Gasteiger partial charge on any atom is 0.410 e. The number of hydrogen-bond acceptors (Lipinski definition) is 4. The Balaban J connectivity index is 1.33. The molecule has 0 aliphatic carbocycles. The Kier molecular flexibility index (Phi) is 5.86. The van der Waals surface area contributed by atoms with Gasteiger partial charge in [0.25, 0.3) is 0 Å². The summed E-state index contributed by atoms with van der Waals surface area (Å²) < 4.78 is 19.3. The number of rotatable bonds is 2. The average Bonchev–Trinajstić information content (AvgIpc) is 3.19. The molecule has 3 amide bonds. The van der Waals surface area contributed by atoms with Crippen LogP contribution in [0.25, 0.3) is 5.57 Å². The number of ether oxygens (including phenoxy) is 1. The average molecular weight is 439 g/mol. The van der Waals surface area contributed by atoms with Crippen molar-refractivity contribution >= 4 is 23.4 Å². The second-order valence-corrected chi connectivity index (χ2v) is 9.03. The van der Waals surface area contributed by atoms with Crippen molar-refractivity contribution in [1.82, 2.24) is 14.8 Å². The van der Waals surface area contributed by atoms with E-state index in [0.29, 0.717) is 30.9 Å². The van der Waals surface area contributed by atoms with Gasteiger partial charge in [0.15, 0.2) is 0 Å². The Bertz CT molecular complexity index is 1060. The third kappa shape index (κ3) is 4.90. The predicted molar refractivity (Wildman–Crippen MR) is 119 cm³/mol. The summed E-state index contributed by atoms with van der Waals surface area (Å²) in [4.78, 5) is 31.9. The Morgan fingerprint density at radius 2 is 1.84 bits per heavy atom. The van der Waals surface area contributed by atoms with Crippen LogP contribution in [-0.2, 0) is 17.8 Å². The second kappa shape index (κ2) is 8.61. The van der Waals surface area contributed by atoms with Crippen molar-refractivity contribution in [3.05, 3.63) is 65.2 Å². The molecule has 1 aromatic heterocycles. The maximum atomic E-state index is 13.9. The van der Waals surface area contributed by atoms with Gasteiger partial charge < -0.3 is 19.9 Å². The number of nitrogens with zero attached hydrogens (tertiary/aromatic N) is 3. The molecule has 0 atom stereocenters. The molecule has 0 radical (unpaired) electrons. The molecule has 3 heterocycles. The molecule has 2 aliphatic rings. The Hall–Kier alpha value is -3.42. The Labute approximate surface area is 186 Å². The molecular weight excluding hydrogens is 411 g/mol. The van der Waals surface area contributed by atoms with Gasteiger partial charge in [0.1, 0.15) is 11.4 Å². The van der Waals surface area contributed by atoms with E-state index in [2.05, 4.69) is 10.3 Å². The van der Waals surface area contributed by atoms with Crippen LogP contribution < -0.4 is 5.32 Å². The molecule has 0 saturated carbocycles. The number of pyridine rings is 1. The first kappa shape index (κ1) is 21.8. The highest BCUT2D eigenvalue weighted by atomic mass is 19.1. The van der Waals surface area contributed by atoms with Crippen molar-refractivity contribution in [1.29, 1.82) is 0 Å². The highest BCUT2D eigenvalue weighted by Gasteiger charge is 2.26. The molecule has 0 spiro atoms. The minimum atomic E-state index is -0.510. The summed E-state index contributed by atoms with van der Waals surface area (Å²) in [7, 11) is 0. The van der Waals surface area contributed by atoms with Crippen molar-refractivity contribution < 1.29 is 18.7 Å². The van der Waals surface area contributed by atoms with Crippen LogP contribution in [0.3, 0.4) is 0 Å². The van der Waals surface area contributed by atoms with Crippen molar-refractivity contribution in [3.8, 4) is 0 Å². The lowest BCUT2D eigenvalue weighted by Crippen LogP contribution is -2.39. The molecule has 0 fully saturated rings. The number of carbonyl (C=O) groups is 2. The van der Waals surface area contributed by atoms with E-state index < -0.39 is 5.60 Å². The van der Waals surface area contributed by atoms with Crippen molar-refractivity contribution in [2.24, 2.45) is 0 Å². The van der Waals surface area contributed by atoms with Crippen LogP contribution in [0.15, 0.2) is 42.7 Å². The highest BCUT2D eigenvalue weighted by Crippen LogP contribution is 2.27. The van der Waals surface area contributed by atoms with Crippen LogP contribution in [0.1, 0.15) is 43.9 Å². The lowest BCUT2D eigenvalue weighted by molar-refractivity contribution is 0.0270. The largest absolute Gasteiger partial charge is 0.444 e. The third-order valence-corrected chi connectivity index (χ3v) is 5.46. The van der Waals surface area contributed by atoms with E-state index in [9.17, 15) is 14.0 Å². The summed E-state index contributed by atoms with van der Waals surface area (Å²) in [5, 5.41) is 2.87. The van der Waals surface area contributed by atoms with E-state index in [-0.39, 0.29) is 24.5 Å². The van der Waals surface area contributed by atoms with Crippen molar-refractivity contribution in [3.63, 3.8) is 0 Å². The molecule has 7 nitrogen and oxygen atoms in total. The monoisotopic (exact) mass is 438 g/mol. The fourth-order valence-electron chi connectivity index (χ4n) is 3.81. The van der Waals surface area contributed by atoms with Gasteiger partial charge in [-0.3, -0.25) is 4.98 Å². The van der Waals surface area contributed by atoms with Gasteiger partial charge in [-0.15, -0.1) is 0 Å². The first-order valence-corrected chi connectivity index (χ1v) is 10.6. The summed E-state index contributed by atoms with van der Waals surface area (Å²) >= 11 is 0. The standard InChI is InChI=1S/C24H27FN4O3/c1-24(2,3)32-23(31)28-10-8-17(9-11-28)16-4-6-19(7-5-16)27-22(30)29-14-18-12-26-13-21(25)20(18)15-29/h4-8,12-13H,9-11,14-15H2,1-3H3,(H,27,30). The van der Waals surface area contributed by atoms with Gasteiger partial charge in [0.2, 0.25) is 0 Å². The number of halogens is 1. The van der Waals surface area contributed by atoms with Gasteiger partial charge in [-0.1, -0.05) is 18.2 Å². The topological polar surface area (TPSA) is 74.8 Å². The molecule has 8 heteroatoms. The summed E-state index contributed by atoms with van der Waals surface area (Å²) in [6.07, 6.45) is 5.24. The van der Waals surface area contributed by atoms with Crippen molar-refractivity contribution in [2.45, 2.75) is 45.9 Å². The molecule has 1 aromatic carbocycles. The molecule has 0 unspecified atom stereocenters. The van der Waals surface area contributed by atoms with Crippen LogP contribution in [0.4, 0.5) is 19.7 Å². The van der Waals surface area contributed by atoms with E-state index in [1.165, 1.54) is 6.20 Å². The van der Waals surface area contributed by atoms with E-state index in [1.54, 1.807) is 16.0 Å². The number of aromatic nitrogens is 1. The SMILES string of the molecule is CC(C)(C)OC(=O)N1CC=C(c2ccc(NC(=O)N3Cc4cncc(F)c4C3)cc2)CC1. The molecular formula is C24H27FN4O3. The molecule has 2 aromatic rings. The van der Waals surface area contributed by atoms with Crippen LogP contribution in [0, 0.1) is 5.82 Å². The van der Waals surface area contributed by atoms with Crippen LogP contribution in [0.5, 0.6) is 0 Å². The van der Waals surface area contributed by atoms with Gasteiger partial charge in [-0.05, 0) is 56.0 Å². The molecule has 0 saturated heterocycles. The first-order valence-electron chi connectivity index (χ1n) is 10.6. The van der Waals surface area contributed by atoms with Crippen LogP contribution in [-0.4, -0.2) is 45.6 Å². The summed E-state index contributed by atoms with van der Waals surface area (Å²) in [6.45, 7) is 7.24. The van der Waals surface area contributed by atoms with Gasteiger partial charge in [0, 0.05) is 37.1 Å². The number of fused-ring (bicyclic) bond motifs is 1. The fourth-order valence-corrected chi connectivity index (χ4v) is 3.81. The molecule has 1 N–H and O–H groups in total. The Morgan fingerprint density at radius 3 is 2.47 bits per heavy atom. The first-order chi connectivity index (χ1) is 15.2. The summed E-state index contributed by atoms with van der Waals surface area (Å²) in [6, 6.07) is 7.32. The molecule has 168 valence electrons. The number of amides is 3. The van der Waals surface area contributed by atoms with E-state index >= 15 is 0 Å². The van der Waals surface area contributed by atoms with Gasteiger partial charge in [0.05, 0.1) is 12.7 Å². The van der Waals surface area contributed by atoms with E-state index in [0.717, 1.165) is 23.1 Å². The zero-order chi connectivity index (χ0) is 22.9. The zero-order valence-electron chi connectivity index (χ0n) is 18.5. The number of urea groups is 1. The number of carbonyl (C=O) groups excluding carboxylic acids is 2. The van der Waals surface area contributed by atoms with Crippen molar-refractivity contribution in [2.75, 3.05) is 18.4 Å². The number of benzene rings is 1. The second-order valence-electron chi connectivity index (χ2n) is 9.03. The van der Waals surface area contributed by atoms with Gasteiger partial charge in [-0.25, -0.2) is 14.0 Å². The van der Waals surface area contributed by atoms with Gasteiger partial charge >= 0.3 is 12.1 Å². The van der Waals surface area contributed by atoms with Crippen LogP contribution in [0.2, 0.25) is 0 Å². The maximum absolute atomic E-state index is 13.9. The highest BCUT2D eigenvalue weighted by molar-refractivity contribution is 5.90. The van der Waals surface area contributed by atoms with Gasteiger partial charge in [-0.2, -0.15) is 0 Å². The normalized spacial score (nSPS) is 15.8. The lowest BCUT2D eigenvalue weighted by atomic mass is 9.99. The molecule has 4 rings (SSSR count). The fraction of sp³-hybridized carbons (Fsp3) is 0.375. The number of hydrogen-bond donors (Lipinski definition) is 1. The number of anilines is 1.